The van der Waals surface area contributed by atoms with Gasteiger partial charge in [-0.25, -0.2) is 0 Å². The summed E-state index contributed by atoms with van der Waals surface area (Å²) in [5, 5.41) is 0. The molecule has 0 rings (SSSR count). The van der Waals surface area contributed by atoms with Crippen molar-refractivity contribution in [3.05, 3.63) is 48.6 Å². The van der Waals surface area contributed by atoms with E-state index in [-0.39, 0.29) is 25.2 Å². The van der Waals surface area contributed by atoms with E-state index in [4.69, 9.17) is 14.2 Å². The third kappa shape index (κ3) is 38.7. The first-order chi connectivity index (χ1) is 24.6. The molecule has 5 heteroatoms. The molecule has 50 heavy (non-hydrogen) atoms. The summed E-state index contributed by atoms with van der Waals surface area (Å²) in [6, 6.07) is 0. The SMILES string of the molecule is CC/C=C\C/C=C\C/C=C\CCCCCCOCC(COC(=O)CCCCCCC/C=C\CCCCCCCC)OC(=O)CCCCCCC. The Balaban J connectivity index is 4.13. The first kappa shape index (κ1) is 47.9. The van der Waals surface area contributed by atoms with Crippen LogP contribution in [0.1, 0.15) is 201 Å². The number of carbonyl (C=O) groups is 2. The summed E-state index contributed by atoms with van der Waals surface area (Å²) in [4.78, 5) is 24.9. The van der Waals surface area contributed by atoms with Gasteiger partial charge in [-0.05, 0) is 77.0 Å². The lowest BCUT2D eigenvalue weighted by atomic mass is 10.1. The Kier molecular flexibility index (Phi) is 39.5. The normalized spacial score (nSPS) is 12.6. The largest absolute Gasteiger partial charge is 0.462 e. The molecule has 0 aliphatic heterocycles. The van der Waals surface area contributed by atoms with Crippen LogP contribution >= 0.6 is 0 Å². The zero-order valence-electron chi connectivity index (χ0n) is 33.2. The highest BCUT2D eigenvalue weighted by atomic mass is 16.6. The zero-order valence-corrected chi connectivity index (χ0v) is 33.2. The van der Waals surface area contributed by atoms with E-state index in [2.05, 4.69) is 69.4 Å². The number of unbranched alkanes of at least 4 members (excludes halogenated alkanes) is 19. The van der Waals surface area contributed by atoms with Crippen LogP contribution < -0.4 is 0 Å². The highest BCUT2D eigenvalue weighted by molar-refractivity contribution is 5.70. The topological polar surface area (TPSA) is 61.8 Å². The van der Waals surface area contributed by atoms with Crippen LogP contribution in [-0.4, -0.2) is 37.9 Å². The van der Waals surface area contributed by atoms with Crippen LogP contribution in [0, 0.1) is 0 Å². The van der Waals surface area contributed by atoms with Crippen LogP contribution in [-0.2, 0) is 23.8 Å². The van der Waals surface area contributed by atoms with E-state index in [1.807, 2.05) is 0 Å². The van der Waals surface area contributed by atoms with E-state index < -0.39 is 6.10 Å². The van der Waals surface area contributed by atoms with Gasteiger partial charge in [0, 0.05) is 19.4 Å². The van der Waals surface area contributed by atoms with Crippen molar-refractivity contribution >= 4 is 11.9 Å². The molecule has 0 radical (unpaired) electrons. The molecule has 0 saturated carbocycles. The van der Waals surface area contributed by atoms with Crippen LogP contribution in [0.15, 0.2) is 48.6 Å². The summed E-state index contributed by atoms with van der Waals surface area (Å²) in [5.74, 6) is -0.433. The van der Waals surface area contributed by atoms with Gasteiger partial charge < -0.3 is 14.2 Å². The Hall–Kier alpha value is -2.14. The molecule has 0 heterocycles. The van der Waals surface area contributed by atoms with E-state index in [1.54, 1.807) is 0 Å². The minimum atomic E-state index is -0.543. The van der Waals surface area contributed by atoms with Crippen molar-refractivity contribution in [1.82, 2.24) is 0 Å². The van der Waals surface area contributed by atoms with Crippen molar-refractivity contribution in [1.29, 1.82) is 0 Å². The molecule has 0 aromatic rings. The number of hydrogen-bond acceptors (Lipinski definition) is 5. The van der Waals surface area contributed by atoms with Crippen LogP contribution in [0.25, 0.3) is 0 Å². The monoisotopic (exact) mass is 701 g/mol. The smallest absolute Gasteiger partial charge is 0.306 e. The molecule has 0 aromatic heterocycles. The quantitative estimate of drug-likeness (QED) is 0.0364. The second-order valence-electron chi connectivity index (χ2n) is 13.9. The van der Waals surface area contributed by atoms with Gasteiger partial charge in [-0.1, -0.05) is 159 Å². The number of rotatable bonds is 38. The fraction of sp³-hybridized carbons (Fsp3) is 0.778. The van der Waals surface area contributed by atoms with Crippen LogP contribution in [0.5, 0.6) is 0 Å². The summed E-state index contributed by atoms with van der Waals surface area (Å²) in [5.41, 5.74) is 0. The second kappa shape index (κ2) is 41.3. The molecule has 0 spiro atoms. The Morgan fingerprint density at radius 3 is 1.46 bits per heavy atom. The first-order valence-electron chi connectivity index (χ1n) is 21.2. The van der Waals surface area contributed by atoms with Gasteiger partial charge in [0.25, 0.3) is 0 Å². The number of hydrogen-bond donors (Lipinski definition) is 0. The van der Waals surface area contributed by atoms with E-state index in [9.17, 15) is 9.59 Å². The lowest BCUT2D eigenvalue weighted by Gasteiger charge is -2.18. The lowest BCUT2D eigenvalue weighted by molar-refractivity contribution is -0.163. The molecule has 0 saturated heterocycles. The molecule has 1 atom stereocenters. The fourth-order valence-electron chi connectivity index (χ4n) is 5.69. The number of carbonyl (C=O) groups excluding carboxylic acids is 2. The molecule has 0 aromatic carbocycles. The van der Waals surface area contributed by atoms with Crippen LogP contribution in [0.3, 0.4) is 0 Å². The minimum absolute atomic E-state index is 0.0719. The number of allylic oxidation sites excluding steroid dienone is 8. The highest BCUT2D eigenvalue weighted by Crippen LogP contribution is 2.12. The molecule has 0 aliphatic carbocycles. The molecule has 0 bridgehead atoms. The standard InChI is InChI=1S/C45H80O5/c1-4-7-10-13-15-17-19-21-23-24-26-28-30-33-35-38-44(46)49-42-43(50-45(47)39-36-32-12-9-6-3)41-48-40-37-34-31-29-27-25-22-20-18-16-14-11-8-5-2/h8,11,16,18,21-23,25,43H,4-7,9-10,12-15,17,19-20,24,26-42H2,1-3H3/b11-8-,18-16-,23-21-,25-22-. The molecular formula is C45H80O5. The van der Waals surface area contributed by atoms with E-state index in [0.717, 1.165) is 83.5 Å². The Bertz CT molecular complexity index is 842. The van der Waals surface area contributed by atoms with E-state index in [0.29, 0.717) is 19.4 Å². The van der Waals surface area contributed by atoms with Crippen LogP contribution in [0.2, 0.25) is 0 Å². The van der Waals surface area contributed by atoms with Gasteiger partial charge in [0.05, 0.1) is 6.61 Å². The Labute approximate surface area is 310 Å². The molecule has 0 amide bonds. The average Bonchev–Trinajstić information content (AvgIpc) is 3.11. The molecule has 0 aliphatic rings. The molecular weight excluding hydrogens is 620 g/mol. The third-order valence-electron chi connectivity index (χ3n) is 8.85. The predicted molar refractivity (Wildman–Crippen MR) is 215 cm³/mol. The van der Waals surface area contributed by atoms with Crippen molar-refractivity contribution in [2.24, 2.45) is 0 Å². The van der Waals surface area contributed by atoms with E-state index >= 15 is 0 Å². The maximum atomic E-state index is 12.5. The van der Waals surface area contributed by atoms with E-state index in [1.165, 1.54) is 83.5 Å². The highest BCUT2D eigenvalue weighted by Gasteiger charge is 2.17. The average molecular weight is 701 g/mol. The minimum Gasteiger partial charge on any atom is -0.462 e. The molecule has 0 N–H and O–H groups in total. The van der Waals surface area contributed by atoms with Gasteiger partial charge >= 0.3 is 11.9 Å². The Morgan fingerprint density at radius 1 is 0.460 bits per heavy atom. The summed E-state index contributed by atoms with van der Waals surface area (Å²) in [6.07, 6.45) is 48.5. The summed E-state index contributed by atoms with van der Waals surface area (Å²) in [7, 11) is 0. The summed E-state index contributed by atoms with van der Waals surface area (Å²) in [6.45, 7) is 7.58. The van der Waals surface area contributed by atoms with Gasteiger partial charge in [-0.15, -0.1) is 0 Å². The van der Waals surface area contributed by atoms with Gasteiger partial charge in [0.1, 0.15) is 6.61 Å². The van der Waals surface area contributed by atoms with Gasteiger partial charge in [-0.2, -0.15) is 0 Å². The fourth-order valence-corrected chi connectivity index (χ4v) is 5.69. The maximum Gasteiger partial charge on any atom is 0.306 e. The molecule has 0 fully saturated rings. The predicted octanol–water partition coefficient (Wildman–Crippen LogP) is 13.7. The lowest BCUT2D eigenvalue weighted by Crippen LogP contribution is -2.30. The maximum absolute atomic E-state index is 12.5. The zero-order chi connectivity index (χ0) is 36.4. The second-order valence-corrected chi connectivity index (χ2v) is 13.9. The third-order valence-corrected chi connectivity index (χ3v) is 8.85. The first-order valence-corrected chi connectivity index (χ1v) is 21.2. The van der Waals surface area contributed by atoms with Crippen molar-refractivity contribution in [2.75, 3.05) is 19.8 Å². The summed E-state index contributed by atoms with van der Waals surface area (Å²) >= 11 is 0. The van der Waals surface area contributed by atoms with Gasteiger partial charge in [0.2, 0.25) is 0 Å². The van der Waals surface area contributed by atoms with Gasteiger partial charge in [0.15, 0.2) is 6.10 Å². The number of ether oxygens (including phenoxy) is 3. The van der Waals surface area contributed by atoms with Crippen molar-refractivity contribution in [2.45, 2.75) is 207 Å². The molecule has 290 valence electrons. The van der Waals surface area contributed by atoms with Crippen LogP contribution in [0.4, 0.5) is 0 Å². The van der Waals surface area contributed by atoms with Crippen molar-refractivity contribution in [3.8, 4) is 0 Å². The number of esters is 2. The van der Waals surface area contributed by atoms with Gasteiger partial charge in [-0.3, -0.25) is 9.59 Å². The molecule has 1 unspecified atom stereocenters. The Morgan fingerprint density at radius 2 is 0.900 bits per heavy atom. The summed E-state index contributed by atoms with van der Waals surface area (Å²) < 4.78 is 17.1. The molecule has 5 nitrogen and oxygen atoms in total. The van der Waals surface area contributed by atoms with Crippen molar-refractivity contribution < 1.29 is 23.8 Å². The van der Waals surface area contributed by atoms with Crippen molar-refractivity contribution in [3.63, 3.8) is 0 Å².